The number of fused-ring (bicyclic) bond motifs is 1. The van der Waals surface area contributed by atoms with Gasteiger partial charge in [-0.25, -0.2) is 14.8 Å². The van der Waals surface area contributed by atoms with E-state index in [0.717, 1.165) is 41.9 Å². The number of nitrogens with zero attached hydrogens (tertiary/aromatic N) is 3. The number of aromatic nitrogens is 3. The van der Waals surface area contributed by atoms with Crippen LogP contribution in [0, 0.1) is 0 Å². The number of pyridine rings is 1. The van der Waals surface area contributed by atoms with Crippen molar-refractivity contribution in [2.75, 3.05) is 0 Å². The Morgan fingerprint density at radius 1 is 1.23 bits per heavy atom. The van der Waals surface area contributed by atoms with E-state index in [9.17, 15) is 4.79 Å². The molecule has 0 fully saturated rings. The zero-order chi connectivity index (χ0) is 18.4. The summed E-state index contributed by atoms with van der Waals surface area (Å²) in [4.78, 5) is 21.3. The number of unbranched alkanes of at least 4 members (excludes halogenated alkanes) is 1. The van der Waals surface area contributed by atoms with Crippen molar-refractivity contribution in [1.82, 2.24) is 19.9 Å². The lowest BCUT2D eigenvalue weighted by Gasteiger charge is -2.16. The fourth-order valence-corrected chi connectivity index (χ4v) is 2.85. The molecule has 0 spiro atoms. The van der Waals surface area contributed by atoms with Crippen LogP contribution in [0.15, 0.2) is 48.7 Å². The first-order valence-corrected chi connectivity index (χ1v) is 8.97. The number of carbonyl (C=O) groups excluding carboxylic acids is 1. The van der Waals surface area contributed by atoms with E-state index in [-0.39, 0.29) is 12.6 Å². The van der Waals surface area contributed by atoms with Crippen molar-refractivity contribution in [1.29, 1.82) is 0 Å². The van der Waals surface area contributed by atoms with Gasteiger partial charge in [0.15, 0.2) is 5.65 Å². The first-order chi connectivity index (χ1) is 12.7. The molecular formula is C20H24N4O2. The van der Waals surface area contributed by atoms with Crippen LogP contribution in [-0.2, 0) is 17.9 Å². The molecule has 1 N–H and O–H groups in total. The minimum Gasteiger partial charge on any atom is -0.445 e. The summed E-state index contributed by atoms with van der Waals surface area (Å²) >= 11 is 0. The molecule has 0 saturated heterocycles. The number of ether oxygens (including phenoxy) is 1. The lowest BCUT2D eigenvalue weighted by atomic mass is 10.2. The van der Waals surface area contributed by atoms with E-state index in [0.29, 0.717) is 0 Å². The molecule has 0 aliphatic heterocycles. The van der Waals surface area contributed by atoms with Gasteiger partial charge in [-0.15, -0.1) is 0 Å². The molecule has 0 aliphatic rings. The van der Waals surface area contributed by atoms with E-state index in [2.05, 4.69) is 26.8 Å². The Hall–Kier alpha value is -2.89. The third-order valence-corrected chi connectivity index (χ3v) is 4.20. The normalized spacial score (nSPS) is 12.1. The molecule has 6 heteroatoms. The Kier molecular flexibility index (Phi) is 5.84. The summed E-state index contributed by atoms with van der Waals surface area (Å²) in [6.45, 7) is 5.12. The standard InChI is InChI=1S/C20H24N4O2/c1-3-4-13-24-18(23-17-11-8-12-21-19(17)24)15(2)22-20(25)26-14-16-9-6-5-7-10-16/h5-12,15H,3-4,13-14H2,1-2H3,(H,22,25). The first-order valence-electron chi connectivity index (χ1n) is 8.97. The summed E-state index contributed by atoms with van der Waals surface area (Å²) in [5.41, 5.74) is 2.64. The highest BCUT2D eigenvalue weighted by Gasteiger charge is 2.19. The predicted molar refractivity (Wildman–Crippen MR) is 101 cm³/mol. The molecular weight excluding hydrogens is 328 g/mol. The molecule has 1 amide bonds. The monoisotopic (exact) mass is 352 g/mol. The van der Waals surface area contributed by atoms with Crippen molar-refractivity contribution in [2.24, 2.45) is 0 Å². The molecule has 2 heterocycles. The van der Waals surface area contributed by atoms with E-state index in [1.54, 1.807) is 6.20 Å². The van der Waals surface area contributed by atoms with Gasteiger partial charge in [-0.05, 0) is 31.0 Å². The van der Waals surface area contributed by atoms with E-state index < -0.39 is 6.09 Å². The van der Waals surface area contributed by atoms with Crippen LogP contribution < -0.4 is 5.32 Å². The molecule has 6 nitrogen and oxygen atoms in total. The Morgan fingerprint density at radius 2 is 2.04 bits per heavy atom. The predicted octanol–water partition coefficient (Wildman–Crippen LogP) is 4.22. The van der Waals surface area contributed by atoms with Crippen molar-refractivity contribution < 1.29 is 9.53 Å². The number of carbonyl (C=O) groups is 1. The molecule has 1 unspecified atom stereocenters. The van der Waals surface area contributed by atoms with E-state index in [4.69, 9.17) is 4.74 Å². The second-order valence-corrected chi connectivity index (χ2v) is 6.25. The van der Waals surface area contributed by atoms with Gasteiger partial charge in [0.1, 0.15) is 17.9 Å². The van der Waals surface area contributed by atoms with Gasteiger partial charge in [-0.1, -0.05) is 43.7 Å². The lowest BCUT2D eigenvalue weighted by molar-refractivity contribution is 0.136. The summed E-state index contributed by atoms with van der Waals surface area (Å²) in [5.74, 6) is 0.795. The summed E-state index contributed by atoms with van der Waals surface area (Å²) in [6, 6.07) is 13.2. The Labute approximate surface area is 153 Å². The number of aryl methyl sites for hydroxylation is 1. The molecule has 0 radical (unpaired) electrons. The average molecular weight is 352 g/mol. The van der Waals surface area contributed by atoms with Gasteiger partial charge in [-0.3, -0.25) is 0 Å². The second kappa shape index (κ2) is 8.47. The second-order valence-electron chi connectivity index (χ2n) is 6.25. The molecule has 0 bridgehead atoms. The third kappa shape index (κ3) is 4.20. The van der Waals surface area contributed by atoms with Crippen LogP contribution in [0.5, 0.6) is 0 Å². The number of rotatable bonds is 7. The quantitative estimate of drug-likeness (QED) is 0.691. The van der Waals surface area contributed by atoms with Crippen LogP contribution in [-0.4, -0.2) is 20.6 Å². The number of amides is 1. The van der Waals surface area contributed by atoms with E-state index in [1.165, 1.54) is 0 Å². The van der Waals surface area contributed by atoms with Gasteiger partial charge in [0.25, 0.3) is 0 Å². The average Bonchev–Trinajstić information content (AvgIpc) is 3.04. The Balaban J connectivity index is 1.70. The number of hydrogen-bond donors (Lipinski definition) is 1. The molecule has 0 aliphatic carbocycles. The first kappa shape index (κ1) is 17.9. The SMILES string of the molecule is CCCCn1c(C(C)NC(=O)OCc2ccccc2)nc2cccnc21. The van der Waals surface area contributed by atoms with Crippen LogP contribution in [0.3, 0.4) is 0 Å². The molecule has 1 aromatic carbocycles. The van der Waals surface area contributed by atoms with Gasteiger partial charge in [0.2, 0.25) is 0 Å². The van der Waals surface area contributed by atoms with Gasteiger partial charge >= 0.3 is 6.09 Å². The fraction of sp³-hybridized carbons (Fsp3) is 0.350. The van der Waals surface area contributed by atoms with Gasteiger partial charge in [0, 0.05) is 12.7 Å². The third-order valence-electron chi connectivity index (χ3n) is 4.20. The molecule has 3 rings (SSSR count). The number of benzene rings is 1. The molecule has 2 aromatic heterocycles. The van der Waals surface area contributed by atoms with Crippen molar-refractivity contribution >= 4 is 17.3 Å². The Bertz CT molecular complexity index is 861. The van der Waals surface area contributed by atoms with Crippen LogP contribution in [0.25, 0.3) is 11.2 Å². The zero-order valence-corrected chi connectivity index (χ0v) is 15.2. The van der Waals surface area contributed by atoms with Gasteiger partial charge in [-0.2, -0.15) is 0 Å². The lowest BCUT2D eigenvalue weighted by Crippen LogP contribution is -2.29. The molecule has 1 atom stereocenters. The molecule has 0 saturated carbocycles. The minimum atomic E-state index is -0.455. The van der Waals surface area contributed by atoms with Crippen LogP contribution >= 0.6 is 0 Å². The summed E-state index contributed by atoms with van der Waals surface area (Å²) in [5, 5.41) is 2.87. The highest BCUT2D eigenvalue weighted by molar-refractivity contribution is 5.72. The number of hydrogen-bond acceptors (Lipinski definition) is 4. The highest BCUT2D eigenvalue weighted by Crippen LogP contribution is 2.20. The smallest absolute Gasteiger partial charge is 0.408 e. The van der Waals surface area contributed by atoms with E-state index in [1.807, 2.05) is 49.4 Å². The maximum absolute atomic E-state index is 12.2. The maximum Gasteiger partial charge on any atom is 0.408 e. The Morgan fingerprint density at radius 3 is 2.81 bits per heavy atom. The molecule has 3 aromatic rings. The summed E-state index contributed by atoms with van der Waals surface area (Å²) < 4.78 is 7.40. The van der Waals surface area contributed by atoms with Crippen LogP contribution in [0.1, 0.15) is 44.1 Å². The van der Waals surface area contributed by atoms with Crippen LogP contribution in [0.4, 0.5) is 4.79 Å². The van der Waals surface area contributed by atoms with Crippen LogP contribution in [0.2, 0.25) is 0 Å². The van der Waals surface area contributed by atoms with Gasteiger partial charge in [0.05, 0.1) is 6.04 Å². The minimum absolute atomic E-state index is 0.243. The van der Waals surface area contributed by atoms with Crippen molar-refractivity contribution in [2.45, 2.75) is 45.9 Å². The fourth-order valence-electron chi connectivity index (χ4n) is 2.85. The van der Waals surface area contributed by atoms with Gasteiger partial charge < -0.3 is 14.6 Å². The topological polar surface area (TPSA) is 69.0 Å². The number of imidazole rings is 1. The molecule has 136 valence electrons. The zero-order valence-electron chi connectivity index (χ0n) is 15.2. The van der Waals surface area contributed by atoms with Crippen molar-refractivity contribution in [3.05, 3.63) is 60.0 Å². The maximum atomic E-state index is 12.2. The number of nitrogens with one attached hydrogen (secondary N) is 1. The summed E-state index contributed by atoms with van der Waals surface area (Å²) in [7, 11) is 0. The highest BCUT2D eigenvalue weighted by atomic mass is 16.5. The molecule has 26 heavy (non-hydrogen) atoms. The summed E-state index contributed by atoms with van der Waals surface area (Å²) in [6.07, 6.45) is 3.42. The van der Waals surface area contributed by atoms with Crippen molar-refractivity contribution in [3.63, 3.8) is 0 Å². The number of alkyl carbamates (subject to hydrolysis) is 1. The largest absolute Gasteiger partial charge is 0.445 e. The van der Waals surface area contributed by atoms with E-state index >= 15 is 0 Å². The van der Waals surface area contributed by atoms with Crippen molar-refractivity contribution in [3.8, 4) is 0 Å².